The minimum atomic E-state index is -1.46. The molecule has 0 aliphatic heterocycles. The van der Waals surface area contributed by atoms with Crippen molar-refractivity contribution >= 4 is 52.6 Å². The fourth-order valence-corrected chi connectivity index (χ4v) is 7.25. The van der Waals surface area contributed by atoms with Gasteiger partial charge in [-0.15, -0.1) is 0 Å². The van der Waals surface area contributed by atoms with Crippen LogP contribution in [0.4, 0.5) is 0 Å². The zero-order valence-electron chi connectivity index (χ0n) is 29.6. The Morgan fingerprint density at radius 3 is 1.65 bits per heavy atom. The van der Waals surface area contributed by atoms with Gasteiger partial charge in [-0.25, -0.2) is 4.79 Å². The highest BCUT2D eigenvalue weighted by molar-refractivity contribution is 6.25. The van der Waals surface area contributed by atoms with E-state index in [0.29, 0.717) is 16.5 Å². The van der Waals surface area contributed by atoms with Gasteiger partial charge in [-0.2, -0.15) is 0 Å². The van der Waals surface area contributed by atoms with Crippen molar-refractivity contribution < 1.29 is 30.3 Å². The second-order valence-corrected chi connectivity index (χ2v) is 13.2. The second kappa shape index (κ2) is 14.2. The van der Waals surface area contributed by atoms with Crippen LogP contribution in [0.3, 0.4) is 0 Å². The summed E-state index contributed by atoms with van der Waals surface area (Å²) in [5.41, 5.74) is 3.42. The number of benzene rings is 7. The van der Waals surface area contributed by atoms with Crippen LogP contribution in [0.1, 0.15) is 40.9 Å². The standard InChI is InChI=1S/C47H35BO6/c1-26(48)45(51)42-39(27(2)49)40(32-20-17-30(18-21-32)34-22-19-29-11-7-8-14-33(29)25-34)44(47(53)54)43(46(52)28(3)50)41(42)38-24-23-35(31-12-5-4-6-13-31)36-15-9-10-16-37(36)38/h4-25,49-52H,2H2,1,3H3,(H,53,54)/b45-26-,46-28-. The van der Waals surface area contributed by atoms with Crippen molar-refractivity contribution in [2.75, 3.05) is 0 Å². The van der Waals surface area contributed by atoms with Crippen LogP contribution in [0, 0.1) is 0 Å². The molecule has 0 amide bonds. The number of aliphatic hydroxyl groups excluding tert-OH is 4. The lowest BCUT2D eigenvalue weighted by molar-refractivity contribution is 0.0697. The predicted octanol–water partition coefficient (Wildman–Crippen LogP) is 12.1. The summed E-state index contributed by atoms with van der Waals surface area (Å²) in [7, 11) is 6.27. The smallest absolute Gasteiger partial charge is 0.337 e. The molecule has 0 aliphatic rings. The van der Waals surface area contributed by atoms with Crippen molar-refractivity contribution in [2.24, 2.45) is 0 Å². The maximum Gasteiger partial charge on any atom is 0.337 e. The van der Waals surface area contributed by atoms with Crippen LogP contribution < -0.4 is 0 Å². The number of allylic oxidation sites excluding steroid dienone is 2. The largest absolute Gasteiger partial charge is 0.509 e. The SMILES string of the molecule is [B]/C(C)=C(\O)c1c(C(=C)O)c(-c2ccc(-c3ccc4ccccc4c3)cc2)c(C(=O)O)c(/C(O)=C(\C)O)c1-c1ccc(-c2ccccc2)c2ccccc12. The lowest BCUT2D eigenvalue weighted by atomic mass is 9.76. The second-order valence-electron chi connectivity index (χ2n) is 13.2. The van der Waals surface area contributed by atoms with Gasteiger partial charge in [0.1, 0.15) is 25.1 Å². The van der Waals surface area contributed by atoms with Crippen LogP contribution in [-0.2, 0) is 0 Å². The van der Waals surface area contributed by atoms with Gasteiger partial charge in [-0.1, -0.05) is 139 Å². The van der Waals surface area contributed by atoms with Crippen molar-refractivity contribution in [2.45, 2.75) is 13.8 Å². The third-order valence-corrected chi connectivity index (χ3v) is 9.73. The van der Waals surface area contributed by atoms with Gasteiger partial charge in [-0.3, -0.25) is 0 Å². The summed E-state index contributed by atoms with van der Waals surface area (Å²) in [5.74, 6) is -3.76. The minimum Gasteiger partial charge on any atom is -0.509 e. The van der Waals surface area contributed by atoms with Crippen LogP contribution in [0.25, 0.3) is 83.3 Å². The number of carboxylic acid groups (broad SMARTS) is 1. The number of carbonyl (C=O) groups is 1. The number of fused-ring (bicyclic) bond motifs is 2. The number of rotatable bonds is 8. The fourth-order valence-electron chi connectivity index (χ4n) is 7.25. The van der Waals surface area contributed by atoms with Gasteiger partial charge in [0, 0.05) is 27.8 Å². The number of carboxylic acids is 1. The Labute approximate surface area is 314 Å². The molecule has 0 aromatic heterocycles. The van der Waals surface area contributed by atoms with E-state index in [1.54, 1.807) is 18.2 Å². The number of aliphatic hydroxyl groups is 4. The van der Waals surface area contributed by atoms with Crippen LogP contribution in [0.2, 0.25) is 0 Å². The summed E-state index contributed by atoms with van der Waals surface area (Å²) >= 11 is 0. The molecule has 2 radical (unpaired) electrons. The third kappa shape index (κ3) is 6.16. The fraction of sp³-hybridized carbons (Fsp3) is 0.0426. The van der Waals surface area contributed by atoms with Gasteiger partial charge in [0.15, 0.2) is 5.76 Å². The normalized spacial score (nSPS) is 12.3. The Morgan fingerprint density at radius 2 is 1.04 bits per heavy atom. The van der Waals surface area contributed by atoms with E-state index >= 15 is 0 Å². The summed E-state index contributed by atoms with van der Waals surface area (Å²) < 4.78 is 0. The summed E-state index contributed by atoms with van der Waals surface area (Å²) in [6, 6.07) is 42.0. The molecule has 0 saturated carbocycles. The lowest BCUT2D eigenvalue weighted by Crippen LogP contribution is -2.14. The van der Waals surface area contributed by atoms with Crippen LogP contribution in [0.5, 0.6) is 0 Å². The van der Waals surface area contributed by atoms with E-state index in [1.807, 2.05) is 109 Å². The molecule has 7 rings (SSSR count). The minimum absolute atomic E-state index is 0.0261. The van der Waals surface area contributed by atoms with E-state index in [1.165, 1.54) is 13.8 Å². The van der Waals surface area contributed by atoms with Crippen LogP contribution >= 0.6 is 0 Å². The first-order valence-corrected chi connectivity index (χ1v) is 17.2. The maximum atomic E-state index is 13.6. The van der Waals surface area contributed by atoms with Crippen LogP contribution in [0.15, 0.2) is 151 Å². The molecule has 7 aromatic carbocycles. The van der Waals surface area contributed by atoms with E-state index in [2.05, 4.69) is 12.6 Å². The van der Waals surface area contributed by atoms with Gasteiger partial charge in [0.25, 0.3) is 0 Å². The van der Waals surface area contributed by atoms with Crippen molar-refractivity contribution in [3.63, 3.8) is 0 Å². The summed E-state index contributed by atoms with van der Waals surface area (Å²) in [5, 5.41) is 60.6. The number of hydrogen-bond acceptors (Lipinski definition) is 5. The summed E-state index contributed by atoms with van der Waals surface area (Å²) in [4.78, 5) is 13.6. The van der Waals surface area contributed by atoms with Crippen molar-refractivity contribution in [3.8, 4) is 44.5 Å². The van der Waals surface area contributed by atoms with Gasteiger partial charge >= 0.3 is 5.97 Å². The average Bonchev–Trinajstić information content (AvgIpc) is 3.18. The van der Waals surface area contributed by atoms with Crippen molar-refractivity contribution in [1.29, 1.82) is 0 Å². The third-order valence-electron chi connectivity index (χ3n) is 9.73. The van der Waals surface area contributed by atoms with E-state index in [0.717, 1.165) is 38.4 Å². The van der Waals surface area contributed by atoms with Gasteiger partial charge in [-0.05, 0) is 74.8 Å². The quantitative estimate of drug-likeness (QED) is 0.0793. The summed E-state index contributed by atoms with van der Waals surface area (Å²) in [6.07, 6.45) is 0. The highest BCUT2D eigenvalue weighted by Gasteiger charge is 2.34. The highest BCUT2D eigenvalue weighted by atomic mass is 16.4. The maximum absolute atomic E-state index is 13.6. The molecule has 262 valence electrons. The average molecular weight is 707 g/mol. The zero-order chi connectivity index (χ0) is 38.3. The number of aromatic carboxylic acids is 1. The monoisotopic (exact) mass is 706 g/mol. The molecule has 0 saturated heterocycles. The van der Waals surface area contributed by atoms with Gasteiger partial charge in [0.05, 0.1) is 5.56 Å². The van der Waals surface area contributed by atoms with E-state index < -0.39 is 34.6 Å². The Morgan fingerprint density at radius 1 is 0.500 bits per heavy atom. The highest BCUT2D eigenvalue weighted by Crippen LogP contribution is 2.50. The molecular formula is C47H35BO6. The lowest BCUT2D eigenvalue weighted by Gasteiger charge is -2.26. The Bertz CT molecular complexity index is 2640. The Hall–Kier alpha value is -6.99. The molecule has 0 spiro atoms. The van der Waals surface area contributed by atoms with E-state index in [4.69, 9.17) is 7.85 Å². The first-order valence-electron chi connectivity index (χ1n) is 17.2. The van der Waals surface area contributed by atoms with Gasteiger partial charge in [0.2, 0.25) is 0 Å². The van der Waals surface area contributed by atoms with Crippen molar-refractivity contribution in [1.82, 2.24) is 0 Å². The van der Waals surface area contributed by atoms with Crippen molar-refractivity contribution in [3.05, 3.63) is 174 Å². The number of hydrogen-bond donors (Lipinski definition) is 5. The zero-order valence-corrected chi connectivity index (χ0v) is 29.6. The Balaban J connectivity index is 1.61. The molecule has 7 aromatic rings. The molecule has 0 heterocycles. The first kappa shape index (κ1) is 35.4. The molecule has 0 fully saturated rings. The molecule has 0 aliphatic carbocycles. The molecule has 54 heavy (non-hydrogen) atoms. The van der Waals surface area contributed by atoms with Crippen LogP contribution in [-0.4, -0.2) is 39.3 Å². The van der Waals surface area contributed by atoms with Gasteiger partial charge < -0.3 is 25.5 Å². The molecule has 5 N–H and O–H groups in total. The van der Waals surface area contributed by atoms with E-state index in [9.17, 15) is 30.3 Å². The molecule has 6 nitrogen and oxygen atoms in total. The molecule has 0 bridgehead atoms. The first-order chi connectivity index (χ1) is 26.0. The topological polar surface area (TPSA) is 118 Å². The summed E-state index contributed by atoms with van der Waals surface area (Å²) in [6.45, 7) is 6.54. The molecular weight excluding hydrogens is 671 g/mol. The predicted molar refractivity (Wildman–Crippen MR) is 221 cm³/mol. The molecule has 7 heteroatoms. The van der Waals surface area contributed by atoms with E-state index in [-0.39, 0.29) is 33.3 Å². The molecule has 0 unspecified atom stereocenters. The molecule has 0 atom stereocenters. The Kier molecular flexibility index (Phi) is 9.32.